The number of hydrogen-bond acceptors (Lipinski definition) is 4. The SMILES string of the molecule is CNS(=O)(=O)c1ccc2c(c1)CC(C(=O)O)CO2. The second-order valence-electron chi connectivity index (χ2n) is 4.03. The molecule has 1 aliphatic rings. The smallest absolute Gasteiger partial charge is 0.310 e. The third kappa shape index (κ3) is 2.32. The molecule has 0 aliphatic carbocycles. The molecular weight excluding hydrogens is 258 g/mol. The summed E-state index contributed by atoms with van der Waals surface area (Å²) in [6.45, 7) is 0.112. The van der Waals surface area contributed by atoms with Crippen molar-refractivity contribution in [3.63, 3.8) is 0 Å². The summed E-state index contributed by atoms with van der Waals surface area (Å²) in [5.41, 5.74) is 0.602. The van der Waals surface area contributed by atoms with Crippen molar-refractivity contribution in [2.75, 3.05) is 13.7 Å². The van der Waals surface area contributed by atoms with E-state index in [2.05, 4.69) is 4.72 Å². The Morgan fingerprint density at radius 1 is 1.50 bits per heavy atom. The van der Waals surface area contributed by atoms with Gasteiger partial charge in [0.25, 0.3) is 0 Å². The average molecular weight is 271 g/mol. The zero-order chi connectivity index (χ0) is 13.3. The first-order valence-electron chi connectivity index (χ1n) is 5.36. The monoisotopic (exact) mass is 271 g/mol. The molecule has 0 aromatic heterocycles. The Hall–Kier alpha value is -1.60. The lowest BCUT2D eigenvalue weighted by molar-refractivity contribution is -0.143. The summed E-state index contributed by atoms with van der Waals surface area (Å²) >= 11 is 0. The standard InChI is InChI=1S/C11H13NO5S/c1-12-18(15,16)9-2-3-10-7(5-9)4-8(6-17-10)11(13)14/h2-3,5,8,12H,4,6H2,1H3,(H,13,14). The molecule has 98 valence electrons. The van der Waals surface area contributed by atoms with Gasteiger partial charge in [0.15, 0.2) is 0 Å². The van der Waals surface area contributed by atoms with Gasteiger partial charge < -0.3 is 9.84 Å². The lowest BCUT2D eigenvalue weighted by Gasteiger charge is -2.22. The number of benzene rings is 1. The van der Waals surface area contributed by atoms with Crippen LogP contribution in [-0.2, 0) is 21.2 Å². The summed E-state index contributed by atoms with van der Waals surface area (Å²) in [6, 6.07) is 4.44. The van der Waals surface area contributed by atoms with Gasteiger partial charge in [0.2, 0.25) is 10.0 Å². The van der Waals surface area contributed by atoms with Crippen LogP contribution < -0.4 is 9.46 Å². The van der Waals surface area contributed by atoms with Crippen molar-refractivity contribution in [3.8, 4) is 5.75 Å². The average Bonchev–Trinajstić information content (AvgIpc) is 2.37. The van der Waals surface area contributed by atoms with E-state index in [1.165, 1.54) is 19.2 Å². The van der Waals surface area contributed by atoms with Gasteiger partial charge in [-0.3, -0.25) is 4.79 Å². The van der Waals surface area contributed by atoms with Gasteiger partial charge >= 0.3 is 5.97 Å². The molecule has 0 radical (unpaired) electrons. The second kappa shape index (κ2) is 4.58. The molecule has 1 aromatic carbocycles. The number of carboxylic acid groups (broad SMARTS) is 1. The molecule has 18 heavy (non-hydrogen) atoms. The fourth-order valence-electron chi connectivity index (χ4n) is 1.81. The molecule has 0 bridgehead atoms. The van der Waals surface area contributed by atoms with Crippen molar-refractivity contribution in [1.29, 1.82) is 0 Å². The van der Waals surface area contributed by atoms with Crippen LogP contribution in [0.25, 0.3) is 0 Å². The number of aliphatic carboxylic acids is 1. The summed E-state index contributed by atoms with van der Waals surface area (Å²) in [5, 5.41) is 8.93. The minimum absolute atomic E-state index is 0.110. The summed E-state index contributed by atoms with van der Waals surface area (Å²) in [4.78, 5) is 11.0. The van der Waals surface area contributed by atoms with E-state index in [4.69, 9.17) is 9.84 Å². The van der Waals surface area contributed by atoms with E-state index in [1.54, 1.807) is 6.07 Å². The number of sulfonamides is 1. The number of nitrogens with one attached hydrogen (secondary N) is 1. The quantitative estimate of drug-likeness (QED) is 0.821. The number of ether oxygens (including phenoxy) is 1. The van der Waals surface area contributed by atoms with Crippen molar-refractivity contribution in [2.24, 2.45) is 5.92 Å². The topological polar surface area (TPSA) is 92.7 Å². The van der Waals surface area contributed by atoms with Gasteiger partial charge in [-0.2, -0.15) is 0 Å². The van der Waals surface area contributed by atoms with E-state index in [0.29, 0.717) is 11.3 Å². The van der Waals surface area contributed by atoms with E-state index >= 15 is 0 Å². The molecule has 1 atom stereocenters. The van der Waals surface area contributed by atoms with Gasteiger partial charge in [-0.25, -0.2) is 13.1 Å². The molecule has 7 heteroatoms. The van der Waals surface area contributed by atoms with Crippen LogP contribution in [0.15, 0.2) is 23.1 Å². The van der Waals surface area contributed by atoms with Crippen molar-refractivity contribution in [2.45, 2.75) is 11.3 Å². The van der Waals surface area contributed by atoms with Crippen LogP contribution in [0.5, 0.6) is 5.75 Å². The number of carboxylic acids is 1. The van der Waals surface area contributed by atoms with E-state index in [-0.39, 0.29) is 17.9 Å². The Kier molecular flexibility index (Phi) is 3.27. The van der Waals surface area contributed by atoms with E-state index in [1.807, 2.05) is 0 Å². The predicted octanol–water partition coefficient (Wildman–Crippen LogP) is 0.230. The molecule has 1 aromatic rings. The maximum atomic E-state index is 11.6. The molecule has 2 N–H and O–H groups in total. The first kappa shape index (κ1) is 12.8. The molecule has 1 heterocycles. The van der Waals surface area contributed by atoms with Gasteiger partial charge in [0, 0.05) is 0 Å². The minimum Gasteiger partial charge on any atom is -0.492 e. The van der Waals surface area contributed by atoms with Crippen molar-refractivity contribution in [1.82, 2.24) is 4.72 Å². The highest BCUT2D eigenvalue weighted by Crippen LogP contribution is 2.29. The van der Waals surface area contributed by atoms with Gasteiger partial charge in [0.05, 0.1) is 10.8 Å². The molecule has 0 saturated carbocycles. The first-order chi connectivity index (χ1) is 8.44. The summed E-state index contributed by atoms with van der Waals surface area (Å²) < 4.78 is 30.8. The Bertz CT molecular complexity index is 581. The molecular formula is C11H13NO5S. The number of hydrogen-bond donors (Lipinski definition) is 2. The predicted molar refractivity (Wildman–Crippen MR) is 63.0 cm³/mol. The maximum absolute atomic E-state index is 11.6. The lowest BCUT2D eigenvalue weighted by Crippen LogP contribution is -2.28. The fraction of sp³-hybridized carbons (Fsp3) is 0.364. The molecule has 6 nitrogen and oxygen atoms in total. The van der Waals surface area contributed by atoms with Crippen LogP contribution in [0.3, 0.4) is 0 Å². The molecule has 0 saturated heterocycles. The van der Waals surface area contributed by atoms with Gasteiger partial charge in [-0.15, -0.1) is 0 Å². The zero-order valence-corrected chi connectivity index (χ0v) is 10.5. The second-order valence-corrected chi connectivity index (χ2v) is 5.91. The number of carbonyl (C=O) groups is 1. The molecule has 0 fully saturated rings. The highest BCUT2D eigenvalue weighted by molar-refractivity contribution is 7.89. The van der Waals surface area contributed by atoms with Crippen LogP contribution in [0.4, 0.5) is 0 Å². The number of rotatable bonds is 3. The molecule has 0 spiro atoms. The third-order valence-electron chi connectivity index (χ3n) is 2.87. The Morgan fingerprint density at radius 2 is 2.22 bits per heavy atom. The van der Waals surface area contributed by atoms with Crippen LogP contribution in [0.1, 0.15) is 5.56 Å². The number of fused-ring (bicyclic) bond motifs is 1. The van der Waals surface area contributed by atoms with Gasteiger partial charge in [-0.1, -0.05) is 0 Å². The van der Waals surface area contributed by atoms with E-state index < -0.39 is 21.9 Å². The van der Waals surface area contributed by atoms with Crippen molar-refractivity contribution < 1.29 is 23.1 Å². The Balaban J connectivity index is 2.38. The highest BCUT2D eigenvalue weighted by Gasteiger charge is 2.26. The largest absolute Gasteiger partial charge is 0.492 e. The molecule has 0 amide bonds. The van der Waals surface area contributed by atoms with E-state index in [0.717, 1.165) is 0 Å². The summed E-state index contributed by atoms with van der Waals surface area (Å²) in [6.07, 6.45) is 0.276. The normalized spacial score (nSPS) is 18.8. The summed E-state index contributed by atoms with van der Waals surface area (Å²) in [5.74, 6) is -1.03. The van der Waals surface area contributed by atoms with Crippen molar-refractivity contribution >= 4 is 16.0 Å². The Morgan fingerprint density at radius 3 is 2.83 bits per heavy atom. The Labute approximate surface area is 105 Å². The zero-order valence-electron chi connectivity index (χ0n) is 9.71. The highest BCUT2D eigenvalue weighted by atomic mass is 32.2. The van der Waals surface area contributed by atoms with Crippen LogP contribution >= 0.6 is 0 Å². The summed E-state index contributed by atoms with van der Waals surface area (Å²) in [7, 11) is -2.20. The molecule has 1 aliphatic heterocycles. The minimum atomic E-state index is -3.52. The van der Waals surface area contributed by atoms with Gasteiger partial charge in [0.1, 0.15) is 12.4 Å². The lowest BCUT2D eigenvalue weighted by atomic mass is 9.97. The van der Waals surface area contributed by atoms with Crippen LogP contribution in [-0.4, -0.2) is 33.1 Å². The van der Waals surface area contributed by atoms with Crippen molar-refractivity contribution in [3.05, 3.63) is 23.8 Å². The van der Waals surface area contributed by atoms with Gasteiger partial charge in [-0.05, 0) is 37.2 Å². The van der Waals surface area contributed by atoms with Crippen LogP contribution in [0.2, 0.25) is 0 Å². The van der Waals surface area contributed by atoms with Crippen LogP contribution in [0, 0.1) is 5.92 Å². The molecule has 1 unspecified atom stereocenters. The third-order valence-corrected chi connectivity index (χ3v) is 4.28. The fourth-order valence-corrected chi connectivity index (χ4v) is 2.59. The maximum Gasteiger partial charge on any atom is 0.310 e. The first-order valence-corrected chi connectivity index (χ1v) is 6.84. The molecule has 2 rings (SSSR count). The van der Waals surface area contributed by atoms with E-state index in [9.17, 15) is 13.2 Å².